The molecule has 0 fully saturated rings. The summed E-state index contributed by atoms with van der Waals surface area (Å²) in [7, 11) is -4.39. The van der Waals surface area contributed by atoms with Crippen LogP contribution in [-0.2, 0) is 18.4 Å². The van der Waals surface area contributed by atoms with Crippen LogP contribution in [0.4, 0.5) is 0 Å². The van der Waals surface area contributed by atoms with Crippen LogP contribution < -0.4 is 11.1 Å². The van der Waals surface area contributed by atoms with Gasteiger partial charge in [0.2, 0.25) is 5.91 Å². The van der Waals surface area contributed by atoms with E-state index >= 15 is 0 Å². The van der Waals surface area contributed by atoms with Gasteiger partial charge in [0.1, 0.15) is 0 Å². The summed E-state index contributed by atoms with van der Waals surface area (Å²) in [6.07, 6.45) is 34.3. The molecule has 9 nitrogen and oxygen atoms in total. The molecule has 0 spiro atoms. The van der Waals surface area contributed by atoms with Crippen molar-refractivity contribution in [3.05, 3.63) is 12.2 Å². The highest BCUT2D eigenvalue weighted by Crippen LogP contribution is 2.43. The molecule has 0 aromatic rings. The monoisotopic (exact) mass is 719 g/mol. The van der Waals surface area contributed by atoms with Crippen molar-refractivity contribution in [3.63, 3.8) is 0 Å². The summed E-state index contributed by atoms with van der Waals surface area (Å²) in [6.45, 7) is 3.97. The van der Waals surface area contributed by atoms with Crippen LogP contribution >= 0.6 is 7.82 Å². The van der Waals surface area contributed by atoms with Crippen LogP contribution in [0.25, 0.3) is 0 Å². The number of phosphoric ester groups is 1. The van der Waals surface area contributed by atoms with Crippen molar-refractivity contribution < 1.29 is 33.5 Å². The Morgan fingerprint density at radius 1 is 0.694 bits per heavy atom. The average Bonchev–Trinajstić information content (AvgIpc) is 3.07. The van der Waals surface area contributed by atoms with Crippen LogP contribution in [0.1, 0.15) is 194 Å². The second-order valence-corrected chi connectivity index (χ2v) is 15.5. The molecule has 0 aliphatic heterocycles. The number of unbranched alkanes of at least 4 members (excludes halogenated alkanes) is 24. The third-order valence-electron chi connectivity index (χ3n) is 9.17. The highest BCUT2D eigenvalue weighted by Gasteiger charge is 2.27. The third-order valence-corrected chi connectivity index (χ3v) is 10.2. The fourth-order valence-corrected chi connectivity index (χ4v) is 6.82. The number of rotatable bonds is 38. The van der Waals surface area contributed by atoms with Crippen LogP contribution in [0.15, 0.2) is 12.2 Å². The Morgan fingerprint density at radius 3 is 1.57 bits per heavy atom. The number of carbonyl (C=O) groups excluding carboxylic acids is 1. The number of carbonyl (C=O) groups is 1. The highest BCUT2D eigenvalue weighted by molar-refractivity contribution is 7.47. The molecule has 1 amide bonds. The van der Waals surface area contributed by atoms with E-state index < -0.39 is 38.6 Å². The van der Waals surface area contributed by atoms with E-state index in [2.05, 4.69) is 19.2 Å². The number of aliphatic hydroxyl groups is 2. The smallest absolute Gasteiger partial charge is 0.393 e. The molecule has 0 saturated carbocycles. The van der Waals surface area contributed by atoms with Crippen molar-refractivity contribution >= 4 is 13.7 Å². The van der Waals surface area contributed by atoms with E-state index in [1.54, 1.807) is 6.08 Å². The summed E-state index contributed by atoms with van der Waals surface area (Å²) >= 11 is 0. The number of aliphatic hydroxyl groups excluding tert-OH is 2. The van der Waals surface area contributed by atoms with Crippen LogP contribution in [0.5, 0.6) is 0 Å². The number of nitrogens with one attached hydrogen (secondary N) is 1. The predicted octanol–water partition coefficient (Wildman–Crippen LogP) is 9.80. The first-order valence-electron chi connectivity index (χ1n) is 20.4. The van der Waals surface area contributed by atoms with Crippen molar-refractivity contribution in [3.8, 4) is 0 Å². The molecule has 0 saturated heterocycles. The zero-order chi connectivity index (χ0) is 36.3. The lowest BCUT2D eigenvalue weighted by Gasteiger charge is -2.24. The molecule has 6 N–H and O–H groups in total. The number of hydrogen-bond donors (Lipinski definition) is 5. The van der Waals surface area contributed by atoms with E-state index in [1.807, 2.05) is 6.08 Å². The molecule has 4 unspecified atom stereocenters. The normalized spacial score (nSPS) is 15.0. The summed E-state index contributed by atoms with van der Waals surface area (Å²) in [5.74, 6) is -0.445. The lowest BCUT2D eigenvalue weighted by atomic mass is 10.0. The zero-order valence-corrected chi connectivity index (χ0v) is 32.7. The first kappa shape index (κ1) is 48.2. The molecule has 0 aromatic heterocycles. The summed E-state index contributed by atoms with van der Waals surface area (Å²) < 4.78 is 22.0. The van der Waals surface area contributed by atoms with Crippen LogP contribution in [-0.4, -0.2) is 59.0 Å². The molecular formula is C39H79N2O7P. The maximum atomic E-state index is 12.8. The summed E-state index contributed by atoms with van der Waals surface area (Å²) in [4.78, 5) is 22.7. The quantitative estimate of drug-likeness (QED) is 0.0240. The third kappa shape index (κ3) is 34.1. The Balaban J connectivity index is 4.38. The molecule has 10 heteroatoms. The molecule has 0 aromatic carbocycles. The summed E-state index contributed by atoms with van der Waals surface area (Å²) in [5, 5.41) is 24.0. The Hall–Kier alpha value is -0.800. The molecule has 0 aliphatic rings. The minimum absolute atomic E-state index is 0.0513. The maximum absolute atomic E-state index is 12.8. The van der Waals surface area contributed by atoms with Gasteiger partial charge in [-0.3, -0.25) is 13.8 Å². The minimum Gasteiger partial charge on any atom is -0.393 e. The SMILES string of the molecule is CCCCCCCCCCCCCC/C=C/C(O)C(COP(=O)(O)OCCN)NC(=O)CC(O)CCCCCCCCCCCCCCC. The van der Waals surface area contributed by atoms with Gasteiger partial charge >= 0.3 is 7.82 Å². The second-order valence-electron chi connectivity index (χ2n) is 14.0. The van der Waals surface area contributed by atoms with Crippen molar-refractivity contribution in [2.24, 2.45) is 5.73 Å². The second kappa shape index (κ2) is 35.6. The Kier molecular flexibility index (Phi) is 35.0. The van der Waals surface area contributed by atoms with E-state index in [-0.39, 0.29) is 19.6 Å². The van der Waals surface area contributed by atoms with Crippen LogP contribution in [0.3, 0.4) is 0 Å². The Labute approximate surface area is 301 Å². The fraction of sp³-hybridized carbons (Fsp3) is 0.923. The fourth-order valence-electron chi connectivity index (χ4n) is 6.06. The molecular weight excluding hydrogens is 639 g/mol. The number of hydrogen-bond acceptors (Lipinski definition) is 7. The zero-order valence-electron chi connectivity index (χ0n) is 31.8. The van der Waals surface area contributed by atoms with Gasteiger partial charge in [-0.2, -0.15) is 0 Å². The van der Waals surface area contributed by atoms with E-state index in [9.17, 15) is 24.5 Å². The maximum Gasteiger partial charge on any atom is 0.472 e. The molecule has 0 radical (unpaired) electrons. The van der Waals surface area contributed by atoms with E-state index in [0.717, 1.165) is 38.5 Å². The Bertz CT molecular complexity index is 801. The molecule has 4 atom stereocenters. The molecule has 0 heterocycles. The van der Waals surface area contributed by atoms with Gasteiger partial charge in [-0.05, 0) is 19.3 Å². The summed E-state index contributed by atoms with van der Waals surface area (Å²) in [5.41, 5.74) is 5.35. The van der Waals surface area contributed by atoms with Gasteiger partial charge < -0.3 is 26.2 Å². The van der Waals surface area contributed by atoms with Crippen molar-refractivity contribution in [1.82, 2.24) is 5.32 Å². The molecule has 292 valence electrons. The average molecular weight is 719 g/mol. The molecule has 0 bridgehead atoms. The van der Waals surface area contributed by atoms with Crippen molar-refractivity contribution in [1.29, 1.82) is 0 Å². The number of allylic oxidation sites excluding steroid dienone is 1. The van der Waals surface area contributed by atoms with Gasteiger partial charge in [0.05, 0.1) is 37.9 Å². The highest BCUT2D eigenvalue weighted by atomic mass is 31.2. The lowest BCUT2D eigenvalue weighted by Crippen LogP contribution is -2.46. The van der Waals surface area contributed by atoms with Crippen LogP contribution in [0, 0.1) is 0 Å². The lowest BCUT2D eigenvalue weighted by molar-refractivity contribution is -0.124. The Morgan fingerprint density at radius 2 is 1.12 bits per heavy atom. The number of nitrogens with two attached hydrogens (primary N) is 1. The minimum atomic E-state index is -4.39. The van der Waals surface area contributed by atoms with Gasteiger partial charge in [0, 0.05) is 6.54 Å². The standard InChI is InChI=1S/C39H79N2O7P/c1-3-5-7-9-11-13-15-17-19-21-23-25-27-29-31-38(43)37(35-48-49(45,46)47-33-32-40)41-39(44)34-36(42)30-28-26-24-22-20-18-16-14-12-10-8-6-4-2/h29,31,36-38,42-43H,3-28,30,32-35,40H2,1-2H3,(H,41,44)(H,45,46)/b31-29+. The van der Waals surface area contributed by atoms with Crippen molar-refractivity contribution in [2.75, 3.05) is 19.8 Å². The first-order chi connectivity index (χ1) is 23.8. The van der Waals surface area contributed by atoms with Gasteiger partial charge in [0.25, 0.3) is 0 Å². The number of phosphoric acid groups is 1. The number of amides is 1. The molecule has 0 aliphatic carbocycles. The molecule has 49 heavy (non-hydrogen) atoms. The largest absolute Gasteiger partial charge is 0.472 e. The van der Waals surface area contributed by atoms with Gasteiger partial charge in [-0.25, -0.2) is 4.57 Å². The molecule has 0 rings (SSSR count). The van der Waals surface area contributed by atoms with E-state index in [0.29, 0.717) is 6.42 Å². The van der Waals surface area contributed by atoms with Gasteiger partial charge in [-0.15, -0.1) is 0 Å². The predicted molar refractivity (Wildman–Crippen MR) is 204 cm³/mol. The summed E-state index contributed by atoms with van der Waals surface area (Å²) in [6, 6.07) is -0.976. The first-order valence-corrected chi connectivity index (χ1v) is 21.9. The van der Waals surface area contributed by atoms with Crippen LogP contribution in [0.2, 0.25) is 0 Å². The topological polar surface area (TPSA) is 151 Å². The van der Waals surface area contributed by atoms with Gasteiger partial charge in [-0.1, -0.05) is 180 Å². The van der Waals surface area contributed by atoms with E-state index in [4.69, 9.17) is 14.8 Å². The van der Waals surface area contributed by atoms with Crippen molar-refractivity contribution in [2.45, 2.75) is 212 Å². The van der Waals surface area contributed by atoms with E-state index in [1.165, 1.54) is 128 Å². The van der Waals surface area contributed by atoms with Gasteiger partial charge in [0.15, 0.2) is 0 Å².